The van der Waals surface area contributed by atoms with Crippen LogP contribution < -0.4 is 5.73 Å². The first-order valence-electron chi connectivity index (χ1n) is 5.57. The van der Waals surface area contributed by atoms with E-state index in [1.807, 2.05) is 38.2 Å². The van der Waals surface area contributed by atoms with E-state index in [0.29, 0.717) is 0 Å². The molecule has 0 aliphatic heterocycles. The molecule has 2 rings (SSSR count). The molecule has 1 aromatic heterocycles. The second-order valence-electron chi connectivity index (χ2n) is 4.03. The summed E-state index contributed by atoms with van der Waals surface area (Å²) in [5.41, 5.74) is 10.1. The number of pyridine rings is 1. The van der Waals surface area contributed by atoms with Gasteiger partial charge >= 0.3 is 0 Å². The van der Waals surface area contributed by atoms with Gasteiger partial charge in [0.2, 0.25) is 0 Å². The fourth-order valence-corrected chi connectivity index (χ4v) is 2.55. The van der Waals surface area contributed by atoms with E-state index in [1.165, 1.54) is 4.90 Å². The molecule has 2 aromatic rings. The summed E-state index contributed by atoms with van der Waals surface area (Å²) in [4.78, 5) is 5.71. The van der Waals surface area contributed by atoms with Crippen LogP contribution in [0, 0.1) is 13.8 Å². The third kappa shape index (κ3) is 2.80. The average Bonchev–Trinajstić information content (AvgIpc) is 2.36. The number of aryl methyl sites for hydroxylation is 1. The molecule has 0 amide bonds. The molecule has 0 radical (unpaired) electrons. The fourth-order valence-electron chi connectivity index (χ4n) is 1.61. The van der Waals surface area contributed by atoms with Gasteiger partial charge in [0.25, 0.3) is 0 Å². The SMILES string of the molecule is Cc1cnc(CSc2ccccc2)c(C)c1N. The molecule has 17 heavy (non-hydrogen) atoms. The molecular weight excluding hydrogens is 228 g/mol. The zero-order valence-corrected chi connectivity index (χ0v) is 10.9. The van der Waals surface area contributed by atoms with E-state index < -0.39 is 0 Å². The summed E-state index contributed by atoms with van der Waals surface area (Å²) in [6.45, 7) is 4.03. The van der Waals surface area contributed by atoms with Gasteiger partial charge in [0.1, 0.15) is 0 Å². The molecular formula is C14H16N2S. The Morgan fingerprint density at radius 2 is 1.88 bits per heavy atom. The van der Waals surface area contributed by atoms with Crippen LogP contribution in [0.5, 0.6) is 0 Å². The fraction of sp³-hybridized carbons (Fsp3) is 0.214. The molecule has 1 heterocycles. The Labute approximate surface area is 106 Å². The highest BCUT2D eigenvalue weighted by molar-refractivity contribution is 7.98. The number of nitrogens with two attached hydrogens (primary N) is 1. The molecule has 0 spiro atoms. The van der Waals surface area contributed by atoms with Gasteiger partial charge in [0, 0.05) is 22.5 Å². The van der Waals surface area contributed by atoms with Crippen molar-refractivity contribution in [3.8, 4) is 0 Å². The minimum Gasteiger partial charge on any atom is -0.398 e. The van der Waals surface area contributed by atoms with Gasteiger partial charge in [-0.15, -0.1) is 11.8 Å². The number of thioether (sulfide) groups is 1. The van der Waals surface area contributed by atoms with Crippen LogP contribution >= 0.6 is 11.8 Å². The van der Waals surface area contributed by atoms with E-state index in [2.05, 4.69) is 17.1 Å². The summed E-state index contributed by atoms with van der Waals surface area (Å²) in [7, 11) is 0. The van der Waals surface area contributed by atoms with E-state index in [4.69, 9.17) is 5.73 Å². The lowest BCUT2D eigenvalue weighted by Gasteiger charge is -2.09. The molecule has 0 fully saturated rings. The van der Waals surface area contributed by atoms with Gasteiger partial charge in [-0.1, -0.05) is 18.2 Å². The molecule has 0 aliphatic rings. The van der Waals surface area contributed by atoms with E-state index in [0.717, 1.165) is 28.3 Å². The van der Waals surface area contributed by atoms with E-state index in [-0.39, 0.29) is 0 Å². The predicted octanol–water partition coefficient (Wildman–Crippen LogP) is 3.57. The van der Waals surface area contributed by atoms with Crippen molar-refractivity contribution in [2.24, 2.45) is 0 Å². The van der Waals surface area contributed by atoms with E-state index in [1.54, 1.807) is 11.8 Å². The number of nitrogen functional groups attached to an aromatic ring is 1. The zero-order valence-electron chi connectivity index (χ0n) is 10.1. The first-order chi connectivity index (χ1) is 8.18. The Kier molecular flexibility index (Phi) is 3.69. The maximum atomic E-state index is 6.00. The molecule has 3 heteroatoms. The maximum absolute atomic E-state index is 6.00. The van der Waals surface area contributed by atoms with Crippen molar-refractivity contribution in [3.05, 3.63) is 53.3 Å². The van der Waals surface area contributed by atoms with Crippen LogP contribution in [0.3, 0.4) is 0 Å². The number of rotatable bonds is 3. The van der Waals surface area contributed by atoms with E-state index in [9.17, 15) is 0 Å². The van der Waals surface area contributed by atoms with Crippen LogP contribution in [0.1, 0.15) is 16.8 Å². The lowest BCUT2D eigenvalue weighted by Crippen LogP contribution is -2.00. The van der Waals surface area contributed by atoms with Gasteiger partial charge in [0.15, 0.2) is 0 Å². The molecule has 0 atom stereocenters. The minimum absolute atomic E-state index is 0.861. The normalized spacial score (nSPS) is 10.5. The van der Waals surface area contributed by atoms with Gasteiger partial charge in [-0.05, 0) is 37.1 Å². The number of aromatic nitrogens is 1. The molecule has 2 N–H and O–H groups in total. The van der Waals surface area contributed by atoms with Crippen LogP contribution in [-0.4, -0.2) is 4.98 Å². The van der Waals surface area contributed by atoms with Crippen molar-refractivity contribution >= 4 is 17.4 Å². The Balaban J connectivity index is 2.13. The largest absolute Gasteiger partial charge is 0.398 e. The third-order valence-electron chi connectivity index (χ3n) is 2.79. The molecule has 88 valence electrons. The van der Waals surface area contributed by atoms with Crippen LogP contribution in [0.25, 0.3) is 0 Å². The molecule has 0 unspecified atom stereocenters. The van der Waals surface area contributed by atoms with Crippen molar-refractivity contribution in [2.45, 2.75) is 24.5 Å². The summed E-state index contributed by atoms with van der Waals surface area (Å²) in [6, 6.07) is 10.3. The maximum Gasteiger partial charge on any atom is 0.0556 e. The van der Waals surface area contributed by atoms with Gasteiger partial charge in [-0.25, -0.2) is 0 Å². The standard InChI is InChI=1S/C14H16N2S/c1-10-8-16-13(11(2)14(10)15)9-17-12-6-4-3-5-7-12/h3-8H,9H2,1-2H3,(H2,15,16). The summed E-state index contributed by atoms with van der Waals surface area (Å²) >= 11 is 1.78. The Hall–Kier alpha value is -1.48. The topological polar surface area (TPSA) is 38.9 Å². The smallest absolute Gasteiger partial charge is 0.0556 e. The monoisotopic (exact) mass is 244 g/mol. The summed E-state index contributed by atoms with van der Waals surface area (Å²) in [6.07, 6.45) is 1.85. The number of nitrogens with zero attached hydrogens (tertiary/aromatic N) is 1. The molecule has 0 aliphatic carbocycles. The van der Waals surface area contributed by atoms with Crippen molar-refractivity contribution in [1.82, 2.24) is 4.98 Å². The Bertz CT molecular complexity index is 509. The van der Waals surface area contributed by atoms with Gasteiger partial charge in [-0.3, -0.25) is 4.98 Å². The van der Waals surface area contributed by atoms with Crippen LogP contribution in [-0.2, 0) is 5.75 Å². The molecule has 0 bridgehead atoms. The summed E-state index contributed by atoms with van der Waals surface area (Å²) < 4.78 is 0. The lowest BCUT2D eigenvalue weighted by atomic mass is 10.1. The van der Waals surface area contributed by atoms with Crippen LogP contribution in [0.4, 0.5) is 5.69 Å². The number of hydrogen-bond acceptors (Lipinski definition) is 3. The first-order valence-corrected chi connectivity index (χ1v) is 6.55. The second kappa shape index (κ2) is 5.23. The predicted molar refractivity (Wildman–Crippen MR) is 74.1 cm³/mol. The van der Waals surface area contributed by atoms with Crippen molar-refractivity contribution in [2.75, 3.05) is 5.73 Å². The van der Waals surface area contributed by atoms with Gasteiger partial charge in [-0.2, -0.15) is 0 Å². The highest BCUT2D eigenvalue weighted by Gasteiger charge is 2.06. The van der Waals surface area contributed by atoms with Gasteiger partial charge < -0.3 is 5.73 Å². The third-order valence-corrected chi connectivity index (χ3v) is 3.82. The highest BCUT2D eigenvalue weighted by Crippen LogP contribution is 2.25. The first kappa shape index (κ1) is 12.0. The van der Waals surface area contributed by atoms with Crippen LogP contribution in [0.2, 0.25) is 0 Å². The average molecular weight is 244 g/mol. The Morgan fingerprint density at radius 3 is 2.59 bits per heavy atom. The van der Waals surface area contributed by atoms with Crippen LogP contribution in [0.15, 0.2) is 41.4 Å². The number of anilines is 1. The van der Waals surface area contributed by atoms with E-state index >= 15 is 0 Å². The molecule has 0 saturated carbocycles. The molecule has 0 saturated heterocycles. The number of hydrogen-bond donors (Lipinski definition) is 1. The van der Waals surface area contributed by atoms with Gasteiger partial charge in [0.05, 0.1) is 5.69 Å². The Morgan fingerprint density at radius 1 is 1.18 bits per heavy atom. The van der Waals surface area contributed by atoms with Crippen molar-refractivity contribution in [3.63, 3.8) is 0 Å². The number of benzene rings is 1. The van der Waals surface area contributed by atoms with Crippen molar-refractivity contribution < 1.29 is 0 Å². The minimum atomic E-state index is 0.861. The highest BCUT2D eigenvalue weighted by atomic mass is 32.2. The second-order valence-corrected chi connectivity index (χ2v) is 5.08. The quantitative estimate of drug-likeness (QED) is 0.839. The summed E-state index contributed by atoms with van der Waals surface area (Å²) in [5.74, 6) is 0.861. The lowest BCUT2D eigenvalue weighted by molar-refractivity contribution is 1.11. The summed E-state index contributed by atoms with van der Waals surface area (Å²) in [5, 5.41) is 0. The van der Waals surface area contributed by atoms with Crippen molar-refractivity contribution in [1.29, 1.82) is 0 Å². The molecule has 2 nitrogen and oxygen atoms in total. The zero-order chi connectivity index (χ0) is 12.3. The molecule has 1 aromatic carbocycles.